The number of alkyl halides is 1. The second-order valence-corrected chi connectivity index (χ2v) is 10.3. The summed E-state index contributed by atoms with van der Waals surface area (Å²) in [4.78, 5) is 5.81. The van der Waals surface area contributed by atoms with Gasteiger partial charge in [0.2, 0.25) is 0 Å². The second kappa shape index (κ2) is 12.2. The number of rotatable bonds is 11. The summed E-state index contributed by atoms with van der Waals surface area (Å²) < 4.78 is 32.3. The van der Waals surface area contributed by atoms with Gasteiger partial charge in [-0.05, 0) is 59.4 Å². The summed E-state index contributed by atoms with van der Waals surface area (Å²) >= 11 is 6.54. The van der Waals surface area contributed by atoms with Gasteiger partial charge in [-0.3, -0.25) is 4.39 Å². The van der Waals surface area contributed by atoms with Crippen molar-refractivity contribution in [2.45, 2.75) is 19.8 Å². The summed E-state index contributed by atoms with van der Waals surface area (Å²) in [6, 6.07) is 23.5. The van der Waals surface area contributed by atoms with Crippen LogP contribution in [0.3, 0.4) is 0 Å². The molecule has 0 radical (unpaired) electrons. The van der Waals surface area contributed by atoms with E-state index in [9.17, 15) is 8.78 Å². The Morgan fingerprint density at radius 1 is 1.03 bits per heavy atom. The highest BCUT2D eigenvalue weighted by Crippen LogP contribution is 2.38. The van der Waals surface area contributed by atoms with Crippen LogP contribution < -0.4 is 0 Å². The molecular formula is C32H33ClF2N2O. The van der Waals surface area contributed by atoms with E-state index in [-0.39, 0.29) is 18.4 Å². The summed E-state index contributed by atoms with van der Waals surface area (Å²) in [5.41, 5.74) is 7.28. The summed E-state index contributed by atoms with van der Waals surface area (Å²) in [7, 11) is 0. The normalized spacial score (nSPS) is 15.1. The van der Waals surface area contributed by atoms with Gasteiger partial charge in [-0.15, -0.1) is 0 Å². The van der Waals surface area contributed by atoms with Crippen LogP contribution in [-0.2, 0) is 11.2 Å². The van der Waals surface area contributed by atoms with Gasteiger partial charge < -0.3 is 14.6 Å². The lowest BCUT2D eigenvalue weighted by atomic mass is 9.90. The molecule has 4 aromatic rings. The van der Waals surface area contributed by atoms with E-state index in [0.717, 1.165) is 71.3 Å². The van der Waals surface area contributed by atoms with Crippen LogP contribution in [0.2, 0.25) is 5.02 Å². The number of H-pyrrole nitrogens is 1. The number of likely N-dealkylation sites (tertiary alicyclic amines) is 1. The highest BCUT2D eigenvalue weighted by atomic mass is 35.5. The predicted octanol–water partition coefficient (Wildman–Crippen LogP) is 7.79. The molecule has 1 N–H and O–H groups in total. The minimum Gasteiger partial charge on any atom is -0.380 e. The largest absolute Gasteiger partial charge is 0.380 e. The molecule has 1 aliphatic heterocycles. The number of aromatic nitrogens is 1. The molecule has 5 rings (SSSR count). The fourth-order valence-corrected chi connectivity index (χ4v) is 5.50. The zero-order valence-electron chi connectivity index (χ0n) is 21.7. The van der Waals surface area contributed by atoms with Crippen molar-refractivity contribution < 1.29 is 13.5 Å². The maximum atomic E-state index is 13.9. The molecule has 0 spiro atoms. The standard InChI is InChI=1S/C32H33ClF2N2O/c1-2-27(28-12-11-26(35)18-29(28)33)32(31-17-25-5-3-4-6-30(25)36-31)24-9-7-22(8-10-24)13-15-38-16-14-37-20-23(19-34)21-37/h3-12,17-18,23,36H,2,13-16,19-21H2,1H3/b32-27+. The number of nitrogens with one attached hydrogen (secondary N) is 1. The zero-order chi connectivity index (χ0) is 26.5. The summed E-state index contributed by atoms with van der Waals surface area (Å²) in [5, 5.41) is 1.54. The quantitative estimate of drug-likeness (QED) is 0.157. The lowest BCUT2D eigenvalue weighted by Crippen LogP contribution is -2.48. The van der Waals surface area contributed by atoms with E-state index in [1.54, 1.807) is 6.07 Å². The number of hydrogen-bond acceptors (Lipinski definition) is 2. The third-order valence-electron chi connectivity index (χ3n) is 7.29. The van der Waals surface area contributed by atoms with E-state index in [1.807, 2.05) is 12.1 Å². The first kappa shape index (κ1) is 26.6. The maximum absolute atomic E-state index is 13.9. The molecule has 0 atom stereocenters. The fraction of sp³-hybridized carbons (Fsp3) is 0.312. The lowest BCUT2D eigenvalue weighted by Gasteiger charge is -2.37. The van der Waals surface area contributed by atoms with Crippen LogP contribution in [0.25, 0.3) is 22.0 Å². The Morgan fingerprint density at radius 2 is 1.82 bits per heavy atom. The van der Waals surface area contributed by atoms with Crippen LogP contribution >= 0.6 is 11.6 Å². The molecule has 0 unspecified atom stereocenters. The van der Waals surface area contributed by atoms with Crippen molar-refractivity contribution in [2.75, 3.05) is 39.5 Å². The molecule has 2 heterocycles. The van der Waals surface area contributed by atoms with Gasteiger partial charge in [-0.1, -0.05) is 67.1 Å². The smallest absolute Gasteiger partial charge is 0.124 e. The van der Waals surface area contributed by atoms with E-state index in [1.165, 1.54) is 17.7 Å². The second-order valence-electron chi connectivity index (χ2n) is 9.94. The van der Waals surface area contributed by atoms with Crippen molar-refractivity contribution in [3.8, 4) is 0 Å². The van der Waals surface area contributed by atoms with Crippen molar-refractivity contribution in [3.63, 3.8) is 0 Å². The first-order chi connectivity index (χ1) is 18.6. The fourth-order valence-electron chi connectivity index (χ4n) is 5.22. The van der Waals surface area contributed by atoms with Gasteiger partial charge in [0.15, 0.2) is 0 Å². The van der Waals surface area contributed by atoms with Crippen LogP contribution in [0.4, 0.5) is 8.78 Å². The van der Waals surface area contributed by atoms with Crippen molar-refractivity contribution >= 4 is 33.7 Å². The third-order valence-corrected chi connectivity index (χ3v) is 7.60. The number of para-hydroxylation sites is 1. The highest BCUT2D eigenvalue weighted by molar-refractivity contribution is 6.32. The summed E-state index contributed by atoms with van der Waals surface area (Å²) in [5.74, 6) is -0.133. The molecular weight excluding hydrogens is 502 g/mol. The van der Waals surface area contributed by atoms with Crippen LogP contribution in [-0.4, -0.2) is 49.4 Å². The Balaban J connectivity index is 1.37. The first-order valence-corrected chi connectivity index (χ1v) is 13.7. The predicted molar refractivity (Wildman–Crippen MR) is 153 cm³/mol. The number of fused-ring (bicyclic) bond motifs is 1. The first-order valence-electron chi connectivity index (χ1n) is 13.3. The molecule has 38 heavy (non-hydrogen) atoms. The Labute approximate surface area is 228 Å². The van der Waals surface area contributed by atoms with Gasteiger partial charge in [0.1, 0.15) is 5.82 Å². The van der Waals surface area contributed by atoms with Crippen molar-refractivity contribution in [1.29, 1.82) is 0 Å². The van der Waals surface area contributed by atoms with Gasteiger partial charge >= 0.3 is 0 Å². The number of nitrogens with zero attached hydrogens (tertiary/aromatic N) is 1. The molecule has 6 heteroatoms. The van der Waals surface area contributed by atoms with E-state index < -0.39 is 0 Å². The highest BCUT2D eigenvalue weighted by Gasteiger charge is 2.25. The van der Waals surface area contributed by atoms with Gasteiger partial charge in [-0.2, -0.15) is 0 Å². The minimum atomic E-state index is -0.346. The Bertz CT molecular complexity index is 1370. The van der Waals surface area contributed by atoms with Crippen molar-refractivity contribution in [3.05, 3.63) is 106 Å². The van der Waals surface area contributed by atoms with Gasteiger partial charge in [-0.25, -0.2) is 4.39 Å². The number of ether oxygens (including phenoxy) is 1. The van der Waals surface area contributed by atoms with Crippen molar-refractivity contribution in [1.82, 2.24) is 9.88 Å². The molecule has 0 bridgehead atoms. The minimum absolute atomic E-state index is 0.212. The molecule has 1 saturated heterocycles. The number of aromatic amines is 1. The Kier molecular flexibility index (Phi) is 8.58. The van der Waals surface area contributed by atoms with E-state index in [0.29, 0.717) is 18.2 Å². The molecule has 0 saturated carbocycles. The van der Waals surface area contributed by atoms with E-state index >= 15 is 0 Å². The number of allylic oxidation sites excluding steroid dienone is 1. The van der Waals surface area contributed by atoms with Gasteiger partial charge in [0.05, 0.1) is 24.9 Å². The number of hydrogen-bond donors (Lipinski definition) is 1. The Hall–Kier alpha value is -2.99. The molecule has 1 aromatic heterocycles. The van der Waals surface area contributed by atoms with Crippen molar-refractivity contribution in [2.24, 2.45) is 5.92 Å². The maximum Gasteiger partial charge on any atom is 0.124 e. The lowest BCUT2D eigenvalue weighted by molar-refractivity contribution is 0.0398. The summed E-state index contributed by atoms with van der Waals surface area (Å²) in [6.07, 6.45) is 1.55. The SMILES string of the molecule is CC/C(=C(/c1ccc(CCOCCN2CC(CF)C2)cc1)c1cc2ccccc2[nH]1)c1ccc(F)cc1Cl. The number of halogens is 3. The molecule has 198 valence electrons. The van der Waals surface area contributed by atoms with Crippen LogP contribution in [0.5, 0.6) is 0 Å². The van der Waals surface area contributed by atoms with Crippen LogP contribution in [0.1, 0.15) is 35.7 Å². The van der Waals surface area contributed by atoms with Crippen LogP contribution in [0.15, 0.2) is 72.8 Å². The average molecular weight is 535 g/mol. The molecule has 1 fully saturated rings. The zero-order valence-corrected chi connectivity index (χ0v) is 22.4. The third kappa shape index (κ3) is 6.01. The Morgan fingerprint density at radius 3 is 2.53 bits per heavy atom. The average Bonchev–Trinajstić information content (AvgIpc) is 3.33. The summed E-state index contributed by atoms with van der Waals surface area (Å²) in [6.45, 7) is 5.74. The van der Waals surface area contributed by atoms with E-state index in [2.05, 4.69) is 59.3 Å². The monoisotopic (exact) mass is 534 g/mol. The number of benzene rings is 3. The van der Waals surface area contributed by atoms with Gasteiger partial charge in [0, 0.05) is 47.7 Å². The molecule has 3 nitrogen and oxygen atoms in total. The molecule has 0 amide bonds. The topological polar surface area (TPSA) is 28.3 Å². The van der Waals surface area contributed by atoms with E-state index in [4.69, 9.17) is 16.3 Å². The molecule has 0 aliphatic carbocycles. The van der Waals surface area contributed by atoms with Gasteiger partial charge in [0.25, 0.3) is 0 Å². The molecule has 1 aliphatic rings. The van der Waals surface area contributed by atoms with Crippen LogP contribution in [0, 0.1) is 11.7 Å². The molecule has 3 aromatic carbocycles.